The number of methoxy groups -OCH3 is 1. The van der Waals surface area contributed by atoms with E-state index >= 15 is 4.79 Å². The normalized spacial score (nSPS) is 34.4. The summed E-state index contributed by atoms with van der Waals surface area (Å²) in [6.07, 6.45) is -3.62. The van der Waals surface area contributed by atoms with Crippen molar-refractivity contribution >= 4 is 31.8 Å². The van der Waals surface area contributed by atoms with Crippen LogP contribution in [0.5, 0.6) is 5.75 Å². The molecule has 9 atom stereocenters. The van der Waals surface area contributed by atoms with Crippen molar-refractivity contribution in [2.75, 3.05) is 13.7 Å². The van der Waals surface area contributed by atoms with Gasteiger partial charge in [-0.1, -0.05) is 65.0 Å². The third kappa shape index (κ3) is 6.45. The molecule has 2 bridgehead atoms. The summed E-state index contributed by atoms with van der Waals surface area (Å²) in [6.45, 7) is 16.9. The van der Waals surface area contributed by atoms with Crippen LogP contribution in [0, 0.1) is 22.7 Å². The van der Waals surface area contributed by atoms with Gasteiger partial charge < -0.3 is 33.2 Å². The summed E-state index contributed by atoms with van der Waals surface area (Å²) < 4.78 is 38.0. The van der Waals surface area contributed by atoms with E-state index in [0.717, 1.165) is 5.56 Å². The minimum absolute atomic E-state index is 0.0675. The van der Waals surface area contributed by atoms with Crippen LogP contribution in [-0.4, -0.2) is 86.3 Å². The van der Waals surface area contributed by atoms with Crippen LogP contribution in [0.2, 0.25) is 18.1 Å². The molecule has 1 N–H and O–H groups in total. The topological polar surface area (TPSA) is 147 Å². The highest BCUT2D eigenvalue weighted by Gasteiger charge is 2.82. The Kier molecular flexibility index (Phi) is 10.4. The third-order valence-electron chi connectivity index (χ3n) is 13.6. The summed E-state index contributed by atoms with van der Waals surface area (Å²) in [4.78, 5) is 57.1. The van der Waals surface area contributed by atoms with Gasteiger partial charge in [-0.3, -0.25) is 14.4 Å². The van der Waals surface area contributed by atoms with Gasteiger partial charge in [0.15, 0.2) is 25.5 Å². The number of ether oxygens (including phenoxy) is 5. The lowest BCUT2D eigenvalue weighted by Crippen LogP contribution is -2.77. The second-order valence-electron chi connectivity index (χ2n) is 17.9. The molecule has 294 valence electrons. The largest absolute Gasteiger partial charge is 0.497 e. The Labute approximate surface area is 319 Å². The molecule has 4 fully saturated rings. The number of hydrogen-bond acceptors (Lipinski definition) is 11. The maximum Gasteiger partial charge on any atom is 0.338 e. The van der Waals surface area contributed by atoms with E-state index < -0.39 is 84.3 Å². The van der Waals surface area contributed by atoms with E-state index in [4.69, 9.17) is 28.1 Å². The molecule has 1 heterocycles. The molecule has 54 heavy (non-hydrogen) atoms. The zero-order chi connectivity index (χ0) is 39.6. The molecule has 1 aliphatic heterocycles. The molecule has 0 spiro atoms. The number of epoxide rings is 1. The summed E-state index contributed by atoms with van der Waals surface area (Å²) in [5, 5.41) is 13.1. The fraction of sp³-hybridized carbons (Fsp3) is 0.619. The standard InChI is InChI=1S/C42H56O11Si/c1-25(43)50-24-41-32(52-41)22-31(53-54(9,10)38(2,3)4)40(7)34(41)36(51-37(46)27-14-12-11-13-15-27)42(47)30(44)21-20-29(39(42,5)6)33(35(40)45)49-23-26-16-18-28(48-8)19-17-26/h11-19,29,31-34,36,47H,20-24H2,1-10H3/t29-,31+,32+,33-,34+,36+,40-,41+,42-/m1/s1. The quantitative estimate of drug-likeness (QED) is 0.167. The van der Waals surface area contributed by atoms with Gasteiger partial charge in [0.25, 0.3) is 0 Å². The summed E-state index contributed by atoms with van der Waals surface area (Å²) in [5.41, 5.74) is -5.62. The number of fused-ring (bicyclic) bond motifs is 5. The zero-order valence-corrected chi connectivity index (χ0v) is 34.2. The van der Waals surface area contributed by atoms with Gasteiger partial charge in [-0.2, -0.15) is 0 Å². The molecule has 0 unspecified atom stereocenters. The molecule has 4 aliphatic rings. The van der Waals surface area contributed by atoms with Gasteiger partial charge in [-0.15, -0.1) is 0 Å². The molecule has 3 saturated carbocycles. The first kappa shape index (κ1) is 40.2. The lowest BCUT2D eigenvalue weighted by molar-refractivity contribution is -0.247. The van der Waals surface area contributed by atoms with Gasteiger partial charge in [0.1, 0.15) is 30.2 Å². The van der Waals surface area contributed by atoms with Crippen LogP contribution >= 0.6 is 0 Å². The van der Waals surface area contributed by atoms with E-state index in [1.54, 1.807) is 58.2 Å². The van der Waals surface area contributed by atoms with Crippen LogP contribution in [-0.2, 0) is 44.4 Å². The zero-order valence-electron chi connectivity index (χ0n) is 33.2. The number of ketones is 2. The van der Waals surface area contributed by atoms with E-state index in [1.807, 2.05) is 24.3 Å². The van der Waals surface area contributed by atoms with Gasteiger partial charge >= 0.3 is 11.9 Å². The van der Waals surface area contributed by atoms with Gasteiger partial charge in [-0.05, 0) is 61.3 Å². The van der Waals surface area contributed by atoms with Gasteiger partial charge in [0, 0.05) is 37.0 Å². The van der Waals surface area contributed by atoms with Crippen LogP contribution in [0.25, 0.3) is 0 Å². The van der Waals surface area contributed by atoms with Crippen molar-refractivity contribution in [3.05, 3.63) is 65.7 Å². The average Bonchev–Trinajstić information content (AvgIpc) is 3.82. The van der Waals surface area contributed by atoms with Crippen LogP contribution in [0.1, 0.15) is 83.7 Å². The van der Waals surface area contributed by atoms with Crippen LogP contribution in [0.15, 0.2) is 54.6 Å². The molecule has 2 aromatic carbocycles. The lowest BCUT2D eigenvalue weighted by Gasteiger charge is -2.62. The fourth-order valence-corrected chi connectivity index (χ4v) is 10.6. The molecule has 0 radical (unpaired) electrons. The number of hydrogen-bond donors (Lipinski definition) is 1. The van der Waals surface area contributed by atoms with E-state index in [1.165, 1.54) is 6.92 Å². The van der Waals surface area contributed by atoms with Crippen molar-refractivity contribution in [3.63, 3.8) is 0 Å². The van der Waals surface area contributed by atoms with Crippen LogP contribution in [0.3, 0.4) is 0 Å². The Bertz CT molecular complexity index is 1770. The summed E-state index contributed by atoms with van der Waals surface area (Å²) >= 11 is 0. The first-order valence-electron chi connectivity index (χ1n) is 18.9. The molecule has 12 heteroatoms. The van der Waals surface area contributed by atoms with Crippen molar-refractivity contribution in [1.82, 2.24) is 0 Å². The van der Waals surface area contributed by atoms with Crippen molar-refractivity contribution in [2.45, 2.75) is 128 Å². The van der Waals surface area contributed by atoms with Crippen LogP contribution < -0.4 is 4.74 Å². The van der Waals surface area contributed by atoms with Gasteiger partial charge in [0.2, 0.25) is 0 Å². The van der Waals surface area contributed by atoms with Crippen molar-refractivity contribution in [1.29, 1.82) is 0 Å². The maximum atomic E-state index is 16.0. The van der Waals surface area contributed by atoms with Crippen molar-refractivity contribution < 1.29 is 52.4 Å². The second-order valence-corrected chi connectivity index (χ2v) is 22.7. The Morgan fingerprint density at radius 1 is 1.00 bits per heavy atom. The molecular formula is C42H56O11Si. The smallest absolute Gasteiger partial charge is 0.338 e. The summed E-state index contributed by atoms with van der Waals surface area (Å²) in [7, 11) is -1.04. The van der Waals surface area contributed by atoms with Crippen molar-refractivity contribution in [3.8, 4) is 5.75 Å². The number of Topliss-reactive ketones (excluding diaryl/α,β-unsaturated/α-hetero) is 2. The Morgan fingerprint density at radius 2 is 1.65 bits per heavy atom. The second kappa shape index (κ2) is 13.9. The molecule has 3 aliphatic carbocycles. The highest BCUT2D eigenvalue weighted by atomic mass is 28.4. The molecule has 6 rings (SSSR count). The first-order valence-corrected chi connectivity index (χ1v) is 21.9. The minimum Gasteiger partial charge on any atom is -0.497 e. The van der Waals surface area contributed by atoms with E-state index in [0.29, 0.717) is 5.75 Å². The SMILES string of the molecule is COc1ccc(CO[C@H]2C(=O)[C@]3(C)[C@@H](O[Si](C)(C)C(C)(C)C)C[C@@H]4O[C@]4(COC(C)=O)[C@H]3[C@H](OC(=O)c3ccccc3)[C@]3(O)C(=O)CC[C@H]2C3(C)C)cc1. The van der Waals surface area contributed by atoms with Gasteiger partial charge in [-0.25, -0.2) is 4.79 Å². The highest BCUT2D eigenvalue weighted by molar-refractivity contribution is 6.74. The lowest BCUT2D eigenvalue weighted by atomic mass is 9.45. The number of aliphatic hydroxyl groups is 1. The predicted octanol–water partition coefficient (Wildman–Crippen LogP) is 6.24. The summed E-state index contributed by atoms with van der Waals surface area (Å²) in [6, 6.07) is 15.7. The van der Waals surface area contributed by atoms with Gasteiger partial charge in [0.05, 0.1) is 36.9 Å². The molecule has 11 nitrogen and oxygen atoms in total. The molecule has 2 aromatic rings. The molecule has 0 amide bonds. The summed E-state index contributed by atoms with van der Waals surface area (Å²) in [5.74, 6) is -3.33. The maximum absolute atomic E-state index is 16.0. The predicted molar refractivity (Wildman–Crippen MR) is 201 cm³/mol. The monoisotopic (exact) mass is 764 g/mol. The number of carbonyl (C=O) groups excluding carboxylic acids is 4. The number of benzene rings is 2. The number of rotatable bonds is 10. The Morgan fingerprint density at radius 3 is 2.24 bits per heavy atom. The fourth-order valence-electron chi connectivity index (χ4n) is 9.19. The first-order chi connectivity index (χ1) is 25.1. The number of carbonyl (C=O) groups is 4. The van der Waals surface area contributed by atoms with E-state index in [9.17, 15) is 19.5 Å². The van der Waals surface area contributed by atoms with Crippen LogP contribution in [0.4, 0.5) is 0 Å². The minimum atomic E-state index is -2.63. The number of esters is 2. The average molecular weight is 765 g/mol. The third-order valence-corrected chi connectivity index (χ3v) is 18.1. The van der Waals surface area contributed by atoms with E-state index in [-0.39, 0.29) is 48.9 Å². The Balaban J connectivity index is 1.59. The molecule has 0 aromatic heterocycles. The van der Waals surface area contributed by atoms with Crippen molar-refractivity contribution in [2.24, 2.45) is 22.7 Å². The van der Waals surface area contributed by atoms with E-state index in [2.05, 4.69) is 33.9 Å². The Hall–Kier alpha value is -3.42. The molecular weight excluding hydrogens is 709 g/mol. The highest BCUT2D eigenvalue weighted by Crippen LogP contribution is 2.67. The molecule has 1 saturated heterocycles.